The fraction of sp³-hybridized carbons (Fsp3) is 0.182. The topological polar surface area (TPSA) is 62.8 Å². The Morgan fingerprint density at radius 2 is 1.81 bits per heavy atom. The van der Waals surface area contributed by atoms with E-state index in [-0.39, 0.29) is 0 Å². The van der Waals surface area contributed by atoms with Gasteiger partial charge in [0.1, 0.15) is 17.3 Å². The molecule has 9 heteroatoms. The normalized spacial score (nSPS) is 11.6. The number of nitrogens with zero attached hydrogens (tertiary/aromatic N) is 2. The van der Waals surface area contributed by atoms with E-state index in [1.54, 1.807) is 6.07 Å². The molecule has 0 radical (unpaired) electrons. The van der Waals surface area contributed by atoms with Crippen LogP contribution in [-0.4, -0.2) is 21.6 Å². The number of H-pyrrole nitrogens is 1. The molecule has 4 rings (SSSR count). The maximum atomic E-state index is 12.8. The molecule has 2 aromatic carbocycles. The Bertz CT molecular complexity index is 1180. The first kappa shape index (κ1) is 21.0. The molecule has 0 bridgehead atoms. The minimum absolute atomic E-state index is 0.414. The quantitative estimate of drug-likeness (QED) is 0.323. The zero-order valence-corrected chi connectivity index (χ0v) is 17.3. The van der Waals surface area contributed by atoms with Crippen molar-refractivity contribution < 1.29 is 17.9 Å². The van der Waals surface area contributed by atoms with Crippen LogP contribution in [0, 0.1) is 0 Å². The lowest BCUT2D eigenvalue weighted by Crippen LogP contribution is -2.07. The molecular weight excluding hydrogens is 425 g/mol. The molecular formula is C22H19F3N4OS. The Morgan fingerprint density at radius 1 is 1.03 bits per heavy atom. The molecule has 2 heterocycles. The Hall–Kier alpha value is -3.20. The average Bonchev–Trinajstić information content (AvgIpc) is 3.16. The molecule has 0 aliphatic heterocycles. The SMILES string of the molecule is CCOc1ccc(Nc2ccc3nc(CSc4ccnc(C(F)(F)F)c4)[nH]c3c2)cc1. The number of aromatic nitrogens is 3. The predicted molar refractivity (Wildman–Crippen MR) is 116 cm³/mol. The van der Waals surface area contributed by atoms with Crippen molar-refractivity contribution >= 4 is 34.2 Å². The number of halogens is 3. The lowest BCUT2D eigenvalue weighted by atomic mass is 10.2. The van der Waals surface area contributed by atoms with Gasteiger partial charge >= 0.3 is 6.18 Å². The molecule has 0 aliphatic rings. The number of aromatic amines is 1. The Balaban J connectivity index is 1.44. The number of anilines is 2. The van der Waals surface area contributed by atoms with Gasteiger partial charge in [0, 0.05) is 22.5 Å². The number of thioether (sulfide) groups is 1. The fourth-order valence-corrected chi connectivity index (χ4v) is 3.78. The molecule has 0 aliphatic carbocycles. The van der Waals surface area contributed by atoms with Crippen molar-refractivity contribution in [3.63, 3.8) is 0 Å². The average molecular weight is 444 g/mol. The molecule has 160 valence electrons. The number of benzene rings is 2. The van der Waals surface area contributed by atoms with Crippen molar-refractivity contribution in [1.29, 1.82) is 0 Å². The molecule has 0 unspecified atom stereocenters. The van der Waals surface area contributed by atoms with Crippen LogP contribution in [0.15, 0.2) is 65.7 Å². The number of imidazole rings is 1. The zero-order valence-electron chi connectivity index (χ0n) is 16.5. The first-order chi connectivity index (χ1) is 14.9. The van der Waals surface area contributed by atoms with Crippen LogP contribution in [-0.2, 0) is 11.9 Å². The Labute approximate surface area is 181 Å². The number of hydrogen-bond donors (Lipinski definition) is 2. The highest BCUT2D eigenvalue weighted by atomic mass is 32.2. The number of hydrogen-bond acceptors (Lipinski definition) is 5. The summed E-state index contributed by atoms with van der Waals surface area (Å²) in [5.74, 6) is 1.91. The Kier molecular flexibility index (Phi) is 6.03. The Morgan fingerprint density at radius 3 is 2.55 bits per heavy atom. The second kappa shape index (κ2) is 8.89. The van der Waals surface area contributed by atoms with E-state index >= 15 is 0 Å². The van der Waals surface area contributed by atoms with Gasteiger partial charge in [0.25, 0.3) is 0 Å². The third kappa shape index (κ3) is 5.29. The number of pyridine rings is 1. The van der Waals surface area contributed by atoms with Crippen LogP contribution in [0.2, 0.25) is 0 Å². The maximum Gasteiger partial charge on any atom is 0.433 e. The zero-order chi connectivity index (χ0) is 21.8. The predicted octanol–water partition coefficient (Wildman–Crippen LogP) is 6.41. The lowest BCUT2D eigenvalue weighted by Gasteiger charge is -2.08. The van der Waals surface area contributed by atoms with Crippen molar-refractivity contribution in [3.8, 4) is 5.75 Å². The van der Waals surface area contributed by atoms with Gasteiger partial charge in [-0.25, -0.2) is 4.98 Å². The molecule has 4 aromatic rings. The highest BCUT2D eigenvalue weighted by Gasteiger charge is 2.32. The van der Waals surface area contributed by atoms with E-state index in [0.717, 1.165) is 34.2 Å². The highest BCUT2D eigenvalue weighted by Crippen LogP contribution is 2.31. The monoisotopic (exact) mass is 444 g/mol. The summed E-state index contributed by atoms with van der Waals surface area (Å²) in [7, 11) is 0. The fourth-order valence-electron chi connectivity index (χ4n) is 2.98. The van der Waals surface area contributed by atoms with Crippen LogP contribution in [0.5, 0.6) is 5.75 Å². The number of ether oxygens (including phenoxy) is 1. The van der Waals surface area contributed by atoms with Crippen molar-refractivity contribution in [3.05, 3.63) is 72.3 Å². The van der Waals surface area contributed by atoms with Gasteiger partial charge in [-0.1, -0.05) is 0 Å². The van der Waals surface area contributed by atoms with Gasteiger partial charge in [-0.05, 0) is 61.5 Å². The van der Waals surface area contributed by atoms with Crippen molar-refractivity contribution in [2.24, 2.45) is 0 Å². The van der Waals surface area contributed by atoms with Crippen molar-refractivity contribution in [2.75, 3.05) is 11.9 Å². The molecule has 0 saturated carbocycles. The van der Waals surface area contributed by atoms with Crippen LogP contribution in [0.4, 0.5) is 24.5 Å². The summed E-state index contributed by atoms with van der Waals surface area (Å²) in [4.78, 5) is 11.6. The number of nitrogens with one attached hydrogen (secondary N) is 2. The van der Waals surface area contributed by atoms with Gasteiger partial charge in [0.2, 0.25) is 0 Å². The first-order valence-corrected chi connectivity index (χ1v) is 10.5. The van der Waals surface area contributed by atoms with Crippen LogP contribution in [0.1, 0.15) is 18.4 Å². The molecule has 2 aromatic heterocycles. The smallest absolute Gasteiger partial charge is 0.433 e. The van der Waals surface area contributed by atoms with Crippen LogP contribution >= 0.6 is 11.8 Å². The van der Waals surface area contributed by atoms with Gasteiger partial charge < -0.3 is 15.0 Å². The van der Waals surface area contributed by atoms with Crippen LogP contribution < -0.4 is 10.1 Å². The van der Waals surface area contributed by atoms with E-state index in [2.05, 4.69) is 20.3 Å². The van der Waals surface area contributed by atoms with Gasteiger partial charge in [-0.3, -0.25) is 4.98 Å². The second-order valence-electron chi connectivity index (χ2n) is 6.66. The van der Waals surface area contributed by atoms with E-state index < -0.39 is 11.9 Å². The van der Waals surface area contributed by atoms with Crippen LogP contribution in [0.25, 0.3) is 11.0 Å². The molecule has 0 amide bonds. The van der Waals surface area contributed by atoms with E-state index in [9.17, 15) is 13.2 Å². The minimum Gasteiger partial charge on any atom is -0.494 e. The number of alkyl halides is 3. The minimum atomic E-state index is -4.46. The third-order valence-corrected chi connectivity index (χ3v) is 5.39. The van der Waals surface area contributed by atoms with Gasteiger partial charge in [-0.2, -0.15) is 13.2 Å². The van der Waals surface area contributed by atoms with Crippen LogP contribution in [0.3, 0.4) is 0 Å². The summed E-state index contributed by atoms with van der Waals surface area (Å²) < 4.78 is 43.9. The standard InChI is InChI=1S/C22H19F3N4OS/c1-2-30-16-6-3-14(4-7-16)27-15-5-8-18-19(11-15)29-21(28-18)13-31-17-9-10-26-20(12-17)22(23,24)25/h3-12,27H,2,13H2,1H3,(H,28,29). The second-order valence-corrected chi connectivity index (χ2v) is 7.71. The summed E-state index contributed by atoms with van der Waals surface area (Å²) in [6.07, 6.45) is -3.29. The summed E-state index contributed by atoms with van der Waals surface area (Å²) in [5.41, 5.74) is 2.56. The summed E-state index contributed by atoms with van der Waals surface area (Å²) in [5, 5.41) is 3.33. The number of fused-ring (bicyclic) bond motifs is 1. The first-order valence-electron chi connectivity index (χ1n) is 9.55. The molecule has 31 heavy (non-hydrogen) atoms. The molecule has 5 nitrogen and oxygen atoms in total. The van der Waals surface area contributed by atoms with Gasteiger partial charge in [-0.15, -0.1) is 11.8 Å². The molecule has 0 spiro atoms. The third-order valence-electron chi connectivity index (χ3n) is 4.38. The van der Waals surface area contributed by atoms with E-state index in [1.807, 2.05) is 49.4 Å². The summed E-state index contributed by atoms with van der Waals surface area (Å²) in [6, 6.07) is 16.1. The molecule has 2 N–H and O–H groups in total. The molecule has 0 fully saturated rings. The largest absolute Gasteiger partial charge is 0.494 e. The number of rotatable bonds is 7. The molecule has 0 saturated heterocycles. The van der Waals surface area contributed by atoms with Gasteiger partial charge in [0.05, 0.1) is 23.4 Å². The summed E-state index contributed by atoms with van der Waals surface area (Å²) >= 11 is 1.27. The summed E-state index contributed by atoms with van der Waals surface area (Å²) in [6.45, 7) is 2.56. The van der Waals surface area contributed by atoms with E-state index in [0.29, 0.717) is 23.1 Å². The van der Waals surface area contributed by atoms with Crippen molar-refractivity contribution in [1.82, 2.24) is 15.0 Å². The van der Waals surface area contributed by atoms with E-state index in [1.165, 1.54) is 18.0 Å². The highest BCUT2D eigenvalue weighted by molar-refractivity contribution is 7.98. The molecule has 0 atom stereocenters. The maximum absolute atomic E-state index is 12.8. The lowest BCUT2D eigenvalue weighted by molar-refractivity contribution is -0.141. The van der Waals surface area contributed by atoms with Gasteiger partial charge in [0.15, 0.2) is 0 Å². The van der Waals surface area contributed by atoms with E-state index in [4.69, 9.17) is 4.74 Å². The van der Waals surface area contributed by atoms with Crippen molar-refractivity contribution in [2.45, 2.75) is 23.7 Å².